The van der Waals surface area contributed by atoms with Gasteiger partial charge in [0.2, 0.25) is 0 Å². The largest absolute Gasteiger partial charge is 0.481 e. The smallest absolute Gasteiger partial charge is 0.303 e. The van der Waals surface area contributed by atoms with E-state index in [2.05, 4.69) is 20.8 Å². The first-order valence-corrected chi connectivity index (χ1v) is 15.4. The topological polar surface area (TPSA) is 183 Å². The molecule has 5 rings (SSSR count). The van der Waals surface area contributed by atoms with Crippen LogP contribution in [0, 0.1) is 46.3 Å². The van der Waals surface area contributed by atoms with Gasteiger partial charge in [0.25, 0.3) is 0 Å². The van der Waals surface area contributed by atoms with Gasteiger partial charge in [-0.3, -0.25) is 4.79 Å². The van der Waals surface area contributed by atoms with Gasteiger partial charge in [0.1, 0.15) is 30.1 Å². The minimum atomic E-state index is -1.51. The molecule has 1 saturated heterocycles. The monoisotopic (exact) mass is 569 g/mol. The maximum absolute atomic E-state index is 11.4. The zero-order chi connectivity index (χ0) is 29.2. The fraction of sp³-hybridized carbons (Fsp3) is 0.967. The van der Waals surface area contributed by atoms with Gasteiger partial charge in [-0.2, -0.15) is 0 Å². The third kappa shape index (κ3) is 5.04. The number of hydrogen-bond donors (Lipinski definition) is 7. The second kappa shape index (κ2) is 11.0. The minimum Gasteiger partial charge on any atom is -0.481 e. The van der Waals surface area contributed by atoms with Crippen molar-refractivity contribution in [1.29, 1.82) is 0 Å². The zero-order valence-corrected chi connectivity index (χ0v) is 24.2. The summed E-state index contributed by atoms with van der Waals surface area (Å²) in [6, 6.07) is 0. The molecule has 8 N–H and O–H groups in total. The maximum Gasteiger partial charge on any atom is 0.303 e. The van der Waals surface area contributed by atoms with Crippen LogP contribution in [0.3, 0.4) is 0 Å². The Balaban J connectivity index is 1.48. The van der Waals surface area contributed by atoms with Crippen molar-refractivity contribution < 1.29 is 44.9 Å². The van der Waals surface area contributed by atoms with Crippen molar-refractivity contribution in [3.05, 3.63) is 0 Å². The highest BCUT2D eigenvalue weighted by atomic mass is 16.7. The molecule has 10 nitrogen and oxygen atoms in total. The van der Waals surface area contributed by atoms with Crippen LogP contribution in [0.4, 0.5) is 0 Å². The lowest BCUT2D eigenvalue weighted by Gasteiger charge is -2.64. The first-order valence-electron chi connectivity index (χ1n) is 15.4. The number of aliphatic carboxylic acids is 1. The molecule has 1 unspecified atom stereocenters. The predicted molar refractivity (Wildman–Crippen MR) is 144 cm³/mol. The summed E-state index contributed by atoms with van der Waals surface area (Å²) in [7, 11) is 0. The first-order chi connectivity index (χ1) is 18.7. The van der Waals surface area contributed by atoms with Crippen molar-refractivity contribution in [2.24, 2.45) is 52.1 Å². The maximum atomic E-state index is 11.4. The van der Waals surface area contributed by atoms with Crippen molar-refractivity contribution in [2.45, 2.75) is 128 Å². The molecule has 1 heterocycles. The van der Waals surface area contributed by atoms with Gasteiger partial charge in [0.15, 0.2) is 6.29 Å². The van der Waals surface area contributed by atoms with E-state index in [1.807, 2.05) is 0 Å². The SMILES string of the molecule is C[C@H](CCC(=O)O)[C@H]1CC[C@H]2[C@@H]3CC[C@@H]4C[C@](N)(O)CC[C@]4(C)[C@H]3C[C@H](OC3O[C@H](CO)[C@@H](O)[C@H](O)[C@H]3O)[C@]12C. The van der Waals surface area contributed by atoms with Crippen LogP contribution >= 0.6 is 0 Å². The summed E-state index contributed by atoms with van der Waals surface area (Å²) in [5.74, 6) is 1.03. The van der Waals surface area contributed by atoms with Crippen LogP contribution in [0.1, 0.15) is 85.0 Å². The number of hydrogen-bond acceptors (Lipinski definition) is 9. The predicted octanol–water partition coefficient (Wildman–Crippen LogP) is 1.59. The summed E-state index contributed by atoms with van der Waals surface area (Å²) in [4.78, 5) is 11.4. The van der Waals surface area contributed by atoms with Gasteiger partial charge in [-0.25, -0.2) is 0 Å². The third-order valence-corrected chi connectivity index (χ3v) is 12.6. The number of aliphatic hydroxyl groups is 5. The van der Waals surface area contributed by atoms with Crippen LogP contribution < -0.4 is 5.73 Å². The van der Waals surface area contributed by atoms with Crippen LogP contribution in [0.5, 0.6) is 0 Å². The molecule has 230 valence electrons. The van der Waals surface area contributed by atoms with E-state index in [1.54, 1.807) is 0 Å². The first kappa shape index (κ1) is 30.6. The molecule has 5 fully saturated rings. The molecular weight excluding hydrogens is 518 g/mol. The quantitative estimate of drug-likeness (QED) is 0.176. The van der Waals surface area contributed by atoms with Crippen LogP contribution in [0.2, 0.25) is 0 Å². The lowest BCUT2D eigenvalue weighted by atomic mass is 9.43. The van der Waals surface area contributed by atoms with E-state index in [4.69, 9.17) is 15.2 Å². The molecule has 0 aromatic rings. The second-order valence-electron chi connectivity index (χ2n) is 14.5. The number of aliphatic hydroxyl groups excluding tert-OH is 4. The number of nitrogens with two attached hydrogens (primary N) is 1. The third-order valence-electron chi connectivity index (χ3n) is 12.6. The van der Waals surface area contributed by atoms with E-state index in [9.17, 15) is 35.4 Å². The molecule has 0 spiro atoms. The number of carboxylic acids is 1. The number of ether oxygens (including phenoxy) is 2. The Morgan fingerprint density at radius 2 is 1.77 bits per heavy atom. The Bertz CT molecular complexity index is 931. The molecule has 0 radical (unpaired) electrons. The molecule has 0 amide bonds. The fourth-order valence-corrected chi connectivity index (χ4v) is 10.3. The van der Waals surface area contributed by atoms with Gasteiger partial charge in [-0.15, -0.1) is 0 Å². The summed E-state index contributed by atoms with van der Waals surface area (Å²) in [6.45, 7) is 6.24. The second-order valence-corrected chi connectivity index (χ2v) is 14.5. The van der Waals surface area contributed by atoms with Crippen molar-refractivity contribution >= 4 is 5.97 Å². The van der Waals surface area contributed by atoms with Crippen molar-refractivity contribution in [3.63, 3.8) is 0 Å². The molecule has 4 saturated carbocycles. The molecule has 0 aromatic carbocycles. The average molecular weight is 570 g/mol. The number of carboxylic acid groups (broad SMARTS) is 1. The Labute approximate surface area is 237 Å². The molecule has 5 aliphatic rings. The molecule has 0 aromatic heterocycles. The molecule has 1 aliphatic heterocycles. The van der Waals surface area contributed by atoms with Crippen molar-refractivity contribution in [2.75, 3.05) is 6.61 Å². The molecule has 10 heteroatoms. The van der Waals surface area contributed by atoms with Crippen molar-refractivity contribution in [1.82, 2.24) is 0 Å². The van der Waals surface area contributed by atoms with Crippen LogP contribution in [-0.2, 0) is 14.3 Å². The normalized spacial score (nSPS) is 53.3. The van der Waals surface area contributed by atoms with Gasteiger partial charge < -0.3 is 45.8 Å². The Morgan fingerprint density at radius 3 is 2.45 bits per heavy atom. The minimum absolute atomic E-state index is 0.0140. The van der Waals surface area contributed by atoms with Crippen LogP contribution in [0.15, 0.2) is 0 Å². The lowest BCUT2D eigenvalue weighted by Crippen LogP contribution is -2.64. The van der Waals surface area contributed by atoms with E-state index in [0.717, 1.165) is 38.5 Å². The van der Waals surface area contributed by atoms with Gasteiger partial charge in [0.05, 0.1) is 12.7 Å². The highest BCUT2D eigenvalue weighted by Crippen LogP contribution is 2.69. The highest BCUT2D eigenvalue weighted by Gasteiger charge is 2.65. The van der Waals surface area contributed by atoms with E-state index in [-0.39, 0.29) is 35.2 Å². The fourth-order valence-electron chi connectivity index (χ4n) is 10.3. The van der Waals surface area contributed by atoms with Crippen molar-refractivity contribution in [3.8, 4) is 0 Å². The standard InChI is InChI=1S/C30H51NO9/c1-15(4-9-23(33)34)18-7-8-19-17-6-5-16-13-30(31,38)11-10-28(16,2)20(17)12-22(29(18,19)3)40-27-26(37)25(36)24(35)21(14-32)39-27/h15-22,24-27,32,35-38H,4-14,31H2,1-3H3,(H,33,34)/t15-,16-,17+,18-,19+,20+,21-,22+,24-,25+,26-,27?,28+,29-,30-/m1/s1. The number of carbonyl (C=O) groups is 1. The van der Waals surface area contributed by atoms with E-state index >= 15 is 0 Å². The molecule has 4 aliphatic carbocycles. The van der Waals surface area contributed by atoms with E-state index < -0.39 is 49.0 Å². The Kier molecular flexibility index (Phi) is 8.42. The lowest BCUT2D eigenvalue weighted by molar-refractivity contribution is -0.332. The zero-order valence-electron chi connectivity index (χ0n) is 24.2. The number of rotatable bonds is 7. The van der Waals surface area contributed by atoms with Gasteiger partial charge in [-0.1, -0.05) is 20.8 Å². The molecule has 15 atom stereocenters. The number of fused-ring (bicyclic) bond motifs is 5. The summed E-state index contributed by atoms with van der Waals surface area (Å²) < 4.78 is 12.5. The molecule has 40 heavy (non-hydrogen) atoms. The molecular formula is C30H51NO9. The van der Waals surface area contributed by atoms with E-state index in [0.29, 0.717) is 42.9 Å². The highest BCUT2D eigenvalue weighted by molar-refractivity contribution is 5.66. The Hall–Kier alpha value is -0.850. The van der Waals surface area contributed by atoms with Gasteiger partial charge in [-0.05, 0) is 98.7 Å². The summed E-state index contributed by atoms with van der Waals surface area (Å²) in [5, 5.41) is 61.5. The van der Waals surface area contributed by atoms with Crippen LogP contribution in [0.25, 0.3) is 0 Å². The molecule has 0 bridgehead atoms. The van der Waals surface area contributed by atoms with Gasteiger partial charge in [0, 0.05) is 11.8 Å². The average Bonchev–Trinajstić information content (AvgIpc) is 3.26. The van der Waals surface area contributed by atoms with E-state index in [1.165, 1.54) is 0 Å². The van der Waals surface area contributed by atoms with Gasteiger partial charge >= 0.3 is 5.97 Å². The Morgan fingerprint density at radius 1 is 1.05 bits per heavy atom. The summed E-state index contributed by atoms with van der Waals surface area (Å²) >= 11 is 0. The summed E-state index contributed by atoms with van der Waals surface area (Å²) in [6.07, 6.45) is 0.448. The summed E-state index contributed by atoms with van der Waals surface area (Å²) in [5.41, 5.74) is 4.77. The van der Waals surface area contributed by atoms with Crippen LogP contribution in [-0.4, -0.2) is 85.8 Å².